The quantitative estimate of drug-likeness (QED) is 0.0745. The molecule has 0 spiro atoms. The summed E-state index contributed by atoms with van der Waals surface area (Å²) < 4.78 is 19.5. The van der Waals surface area contributed by atoms with Gasteiger partial charge >= 0.3 is 0 Å². The lowest BCUT2D eigenvalue weighted by atomic mass is 10.0. The number of hydrogen-bond donors (Lipinski definition) is 3. The van der Waals surface area contributed by atoms with E-state index in [1.165, 1.54) is 19.1 Å². The first-order valence-corrected chi connectivity index (χ1v) is 22.0. The summed E-state index contributed by atoms with van der Waals surface area (Å²) in [7, 11) is 6.65. The van der Waals surface area contributed by atoms with Gasteiger partial charge in [0.1, 0.15) is 23.7 Å². The highest BCUT2D eigenvalue weighted by atomic mass is 16.5. The molecular weight excluding hydrogens is 849 g/mol. The van der Waals surface area contributed by atoms with Gasteiger partial charge in [0.2, 0.25) is 23.5 Å². The van der Waals surface area contributed by atoms with Crippen LogP contribution in [0.25, 0.3) is 11.0 Å². The summed E-state index contributed by atoms with van der Waals surface area (Å²) >= 11 is 0. The number of benzene rings is 2. The number of aliphatic hydroxyl groups is 1. The molecule has 6 heterocycles. The maximum absolute atomic E-state index is 13.4. The molecule has 66 heavy (non-hydrogen) atoms. The maximum Gasteiger partial charge on any atom is 0.260 e. The number of pyridine rings is 1. The van der Waals surface area contributed by atoms with Crippen LogP contribution >= 0.6 is 0 Å². The number of amides is 4. The molecule has 4 amide bonds. The number of carbonyl (C=O) groups is 4. The summed E-state index contributed by atoms with van der Waals surface area (Å²) in [6.45, 7) is 2.06. The molecular formula is C46H52N12O8. The standard InChI is InChI=1S/C46H52N12O8/c1-54(2)45(63)35-20-27-23-48-46(51-42(27)58(35)29-8-5-6-9-29)49-38-14-12-30(24-47-38)55-16-18-56(19-17-55)40(60)26-66-41-36(64-3)21-28(22-37(41)65-4)52-53-33-11-7-10-31-32(33)25-57(44(31)62)34-13-15-39(59)50-43(34)61/h7,10-12,14,20-24,29,34,45,63H,5-6,8-9,13,15-19,25-26H2,1-4H3,(H,50,59,61)(H,47,48,49,51)/b53-52-. The monoisotopic (exact) mass is 900 g/mol. The predicted octanol–water partition coefficient (Wildman–Crippen LogP) is 5.16. The van der Waals surface area contributed by atoms with Gasteiger partial charge in [-0.1, -0.05) is 18.9 Å². The number of aromatic nitrogens is 4. The van der Waals surface area contributed by atoms with E-state index in [2.05, 4.69) is 40.3 Å². The van der Waals surface area contributed by atoms with Gasteiger partial charge in [0, 0.05) is 80.0 Å². The van der Waals surface area contributed by atoms with Crippen molar-refractivity contribution in [3.8, 4) is 17.2 Å². The minimum atomic E-state index is -0.757. The Labute approximate surface area is 380 Å². The molecule has 4 aliphatic rings. The van der Waals surface area contributed by atoms with Gasteiger partial charge in [-0.2, -0.15) is 15.2 Å². The number of fused-ring (bicyclic) bond motifs is 2. The van der Waals surface area contributed by atoms with E-state index in [4.69, 9.17) is 19.2 Å². The third-order valence-corrected chi connectivity index (χ3v) is 12.7. The topological polar surface area (TPSA) is 222 Å². The minimum Gasteiger partial charge on any atom is -0.493 e. The molecule has 1 aliphatic carbocycles. The number of carbonyl (C=O) groups excluding carboxylic acids is 4. The number of imide groups is 1. The number of nitrogens with zero attached hydrogens (tertiary/aromatic N) is 10. The molecule has 3 fully saturated rings. The van der Waals surface area contributed by atoms with Crippen molar-refractivity contribution in [1.29, 1.82) is 0 Å². The minimum absolute atomic E-state index is 0.151. The Kier molecular flexibility index (Phi) is 12.5. The van der Waals surface area contributed by atoms with Crippen LogP contribution in [-0.4, -0.2) is 130 Å². The van der Waals surface area contributed by atoms with Crippen LogP contribution in [0.3, 0.4) is 0 Å². The number of ether oxygens (including phenoxy) is 3. The smallest absolute Gasteiger partial charge is 0.260 e. The van der Waals surface area contributed by atoms with Crippen LogP contribution in [0.5, 0.6) is 17.2 Å². The Bertz CT molecular complexity index is 2670. The molecule has 1 saturated carbocycles. The number of nitrogens with one attached hydrogen (secondary N) is 2. The van der Waals surface area contributed by atoms with Crippen molar-refractivity contribution in [1.82, 2.24) is 39.5 Å². The summed E-state index contributed by atoms with van der Waals surface area (Å²) in [5, 5.41) is 26.3. The van der Waals surface area contributed by atoms with E-state index in [-0.39, 0.29) is 67.0 Å². The number of methoxy groups -OCH3 is 2. The summed E-state index contributed by atoms with van der Waals surface area (Å²) in [5.41, 5.74) is 4.39. The molecule has 344 valence electrons. The van der Waals surface area contributed by atoms with Crippen LogP contribution < -0.4 is 29.7 Å². The van der Waals surface area contributed by atoms with Gasteiger partial charge in [-0.25, -0.2) is 9.97 Å². The zero-order valence-electron chi connectivity index (χ0n) is 37.3. The number of anilines is 3. The van der Waals surface area contributed by atoms with Gasteiger partial charge < -0.3 is 43.9 Å². The van der Waals surface area contributed by atoms with Crippen molar-refractivity contribution in [2.45, 2.75) is 63.4 Å². The van der Waals surface area contributed by atoms with Crippen molar-refractivity contribution in [2.75, 3.05) is 71.3 Å². The van der Waals surface area contributed by atoms with Crippen LogP contribution in [0.15, 0.2) is 71.2 Å². The van der Waals surface area contributed by atoms with Gasteiger partial charge in [0.15, 0.2) is 18.1 Å². The molecule has 3 aliphatic heterocycles. The van der Waals surface area contributed by atoms with E-state index in [9.17, 15) is 24.3 Å². The molecule has 20 heteroatoms. The first kappa shape index (κ1) is 44.0. The van der Waals surface area contributed by atoms with E-state index in [0.29, 0.717) is 60.4 Å². The number of rotatable bonds is 14. The van der Waals surface area contributed by atoms with Crippen LogP contribution in [0.2, 0.25) is 0 Å². The lowest BCUT2D eigenvalue weighted by molar-refractivity contribution is -0.137. The van der Waals surface area contributed by atoms with Crippen molar-refractivity contribution in [2.24, 2.45) is 10.2 Å². The van der Waals surface area contributed by atoms with E-state index in [1.807, 2.05) is 32.3 Å². The van der Waals surface area contributed by atoms with Gasteiger partial charge in [-0.15, -0.1) is 0 Å². The molecule has 3 aromatic heterocycles. The average Bonchev–Trinajstić information content (AvgIpc) is 4.08. The van der Waals surface area contributed by atoms with E-state index >= 15 is 0 Å². The third kappa shape index (κ3) is 8.80. The van der Waals surface area contributed by atoms with Gasteiger partial charge in [-0.3, -0.25) is 29.4 Å². The van der Waals surface area contributed by atoms with Crippen molar-refractivity contribution in [3.63, 3.8) is 0 Å². The zero-order valence-corrected chi connectivity index (χ0v) is 37.3. The Morgan fingerprint density at radius 2 is 1.71 bits per heavy atom. The Balaban J connectivity index is 0.798. The average molecular weight is 901 g/mol. The lowest BCUT2D eigenvalue weighted by Crippen LogP contribution is -2.52. The summed E-state index contributed by atoms with van der Waals surface area (Å²) in [6, 6.07) is 13.7. The first-order chi connectivity index (χ1) is 32.0. The highest BCUT2D eigenvalue weighted by molar-refractivity contribution is 6.06. The fraction of sp³-hybridized carbons (Fsp3) is 0.413. The van der Waals surface area contributed by atoms with Gasteiger partial charge in [0.05, 0.1) is 43.2 Å². The Hall–Kier alpha value is -7.19. The van der Waals surface area contributed by atoms with Gasteiger partial charge in [0.25, 0.3) is 11.8 Å². The second-order valence-corrected chi connectivity index (χ2v) is 17.0. The lowest BCUT2D eigenvalue weighted by Gasteiger charge is -2.36. The first-order valence-electron chi connectivity index (χ1n) is 22.0. The largest absolute Gasteiger partial charge is 0.493 e. The van der Waals surface area contributed by atoms with Crippen molar-refractivity contribution >= 4 is 63.5 Å². The van der Waals surface area contributed by atoms with E-state index < -0.39 is 18.2 Å². The summed E-state index contributed by atoms with van der Waals surface area (Å²) in [5.74, 6) is 0.467. The number of piperazine rings is 1. The Morgan fingerprint density at radius 1 is 0.955 bits per heavy atom. The molecule has 3 N–H and O–H groups in total. The Morgan fingerprint density at radius 3 is 2.39 bits per heavy atom. The predicted molar refractivity (Wildman–Crippen MR) is 242 cm³/mol. The highest BCUT2D eigenvalue weighted by Crippen LogP contribution is 2.43. The zero-order chi connectivity index (χ0) is 46.1. The third-order valence-electron chi connectivity index (χ3n) is 12.7. The van der Waals surface area contributed by atoms with Crippen LogP contribution in [0, 0.1) is 0 Å². The van der Waals surface area contributed by atoms with Crippen LogP contribution in [-0.2, 0) is 20.9 Å². The summed E-state index contributed by atoms with van der Waals surface area (Å²) in [6.07, 6.45) is 7.62. The second kappa shape index (κ2) is 18.7. The molecule has 2 atom stereocenters. The molecule has 9 rings (SSSR count). The molecule has 2 aromatic carbocycles. The number of hydrogen-bond acceptors (Lipinski definition) is 16. The molecule has 0 radical (unpaired) electrons. The molecule has 2 saturated heterocycles. The van der Waals surface area contributed by atoms with Gasteiger partial charge in [-0.05, 0) is 63.7 Å². The van der Waals surface area contributed by atoms with E-state index in [0.717, 1.165) is 48.1 Å². The number of azo groups is 1. The number of piperidine rings is 1. The molecule has 0 bridgehead atoms. The van der Waals surface area contributed by atoms with Crippen molar-refractivity contribution < 1.29 is 38.5 Å². The fourth-order valence-corrected chi connectivity index (χ4v) is 9.14. The normalized spacial score (nSPS) is 18.4. The molecule has 5 aromatic rings. The highest BCUT2D eigenvalue weighted by Gasteiger charge is 2.40. The van der Waals surface area contributed by atoms with Crippen LogP contribution in [0.1, 0.15) is 72.4 Å². The van der Waals surface area contributed by atoms with E-state index in [1.54, 1.807) is 52.5 Å². The fourth-order valence-electron chi connectivity index (χ4n) is 9.14. The maximum atomic E-state index is 13.4. The number of aliphatic hydroxyl groups excluding tert-OH is 1. The second-order valence-electron chi connectivity index (χ2n) is 17.0. The molecule has 2 unspecified atom stereocenters. The van der Waals surface area contributed by atoms with Crippen LogP contribution in [0.4, 0.5) is 28.8 Å². The summed E-state index contributed by atoms with van der Waals surface area (Å²) in [4.78, 5) is 72.2. The van der Waals surface area contributed by atoms with Crippen molar-refractivity contribution in [3.05, 3.63) is 77.7 Å². The SMILES string of the molecule is COc1cc(/N=N\c2cccc3c2CN(C2CCC(=O)NC2=O)C3=O)cc(OC)c1OCC(=O)N1CCN(c2ccc(Nc3ncc4cc(C(O)N(C)C)n(C5CCCC5)c4n3)nc2)CC1. The molecule has 20 nitrogen and oxygen atoms in total.